The van der Waals surface area contributed by atoms with E-state index in [4.69, 9.17) is 0 Å². The molecule has 0 fully saturated rings. The van der Waals surface area contributed by atoms with E-state index in [-0.39, 0.29) is 5.91 Å². The summed E-state index contributed by atoms with van der Waals surface area (Å²) in [6, 6.07) is 12.8. The molecule has 0 aliphatic carbocycles. The van der Waals surface area contributed by atoms with Crippen molar-refractivity contribution >= 4 is 12.0 Å². The van der Waals surface area contributed by atoms with Crippen LogP contribution in [0.5, 0.6) is 0 Å². The van der Waals surface area contributed by atoms with Crippen LogP contribution >= 0.6 is 0 Å². The number of hydrogen-bond acceptors (Lipinski definition) is 2. The summed E-state index contributed by atoms with van der Waals surface area (Å²) in [7, 11) is 0. The summed E-state index contributed by atoms with van der Waals surface area (Å²) in [5.41, 5.74) is 1.64. The van der Waals surface area contributed by atoms with Crippen LogP contribution in [-0.4, -0.2) is 10.9 Å². The molecule has 1 aromatic heterocycles. The number of carbonyl (C=O) groups excluding carboxylic acids is 1. The largest absolute Gasteiger partial charge is 0.329 e. The minimum Gasteiger partial charge on any atom is -0.329 e. The van der Waals surface area contributed by atoms with Gasteiger partial charge in [-0.05, 0) is 35.9 Å². The summed E-state index contributed by atoms with van der Waals surface area (Å²) in [6.45, 7) is 0. The first-order valence-corrected chi connectivity index (χ1v) is 5.29. The van der Waals surface area contributed by atoms with E-state index in [0.29, 0.717) is 5.56 Å². The third kappa shape index (κ3) is 3.28. The zero-order valence-corrected chi connectivity index (χ0v) is 9.21. The Kier molecular flexibility index (Phi) is 3.65. The number of pyridine rings is 1. The average molecular weight is 224 g/mol. The lowest BCUT2D eigenvalue weighted by atomic mass is 10.2. The van der Waals surface area contributed by atoms with Crippen molar-refractivity contribution in [2.75, 3.05) is 0 Å². The van der Waals surface area contributed by atoms with E-state index >= 15 is 0 Å². The van der Waals surface area contributed by atoms with Gasteiger partial charge in [0.15, 0.2) is 0 Å². The Balaban J connectivity index is 1.95. The first-order chi connectivity index (χ1) is 8.36. The Morgan fingerprint density at radius 3 is 2.47 bits per heavy atom. The number of benzene rings is 1. The number of aromatic nitrogens is 1. The average Bonchev–Trinajstić information content (AvgIpc) is 2.41. The van der Waals surface area contributed by atoms with E-state index in [1.165, 1.54) is 0 Å². The third-order valence-electron chi connectivity index (χ3n) is 2.23. The summed E-state index contributed by atoms with van der Waals surface area (Å²) in [5, 5.41) is 2.71. The summed E-state index contributed by atoms with van der Waals surface area (Å²) < 4.78 is 0. The van der Waals surface area contributed by atoms with Gasteiger partial charge in [-0.2, -0.15) is 0 Å². The van der Waals surface area contributed by atoms with E-state index < -0.39 is 0 Å². The molecule has 1 heterocycles. The van der Waals surface area contributed by atoms with Crippen molar-refractivity contribution < 1.29 is 4.79 Å². The number of rotatable bonds is 3. The molecule has 1 aromatic carbocycles. The maximum absolute atomic E-state index is 11.7. The van der Waals surface area contributed by atoms with Crippen LogP contribution in [0.3, 0.4) is 0 Å². The fourth-order valence-corrected chi connectivity index (χ4v) is 1.36. The highest BCUT2D eigenvalue weighted by molar-refractivity contribution is 5.95. The van der Waals surface area contributed by atoms with E-state index in [2.05, 4.69) is 10.3 Å². The lowest BCUT2D eigenvalue weighted by Gasteiger charge is -1.99. The normalized spacial score (nSPS) is 10.4. The van der Waals surface area contributed by atoms with Gasteiger partial charge in [0.05, 0.1) is 0 Å². The van der Waals surface area contributed by atoms with Gasteiger partial charge < -0.3 is 5.32 Å². The number of carbonyl (C=O) groups is 1. The summed E-state index contributed by atoms with van der Waals surface area (Å²) in [5.74, 6) is -0.115. The zero-order chi connectivity index (χ0) is 11.9. The number of nitrogens with one attached hydrogen (secondary N) is 1. The van der Waals surface area contributed by atoms with Gasteiger partial charge in [-0.1, -0.05) is 18.2 Å². The molecule has 0 atom stereocenters. The van der Waals surface area contributed by atoms with Gasteiger partial charge in [0.1, 0.15) is 0 Å². The Labute approximate surface area is 99.8 Å². The molecule has 1 amide bonds. The second-order valence-electron chi connectivity index (χ2n) is 3.45. The zero-order valence-electron chi connectivity index (χ0n) is 9.21. The smallest absolute Gasteiger partial charge is 0.255 e. The molecule has 0 radical (unpaired) electrons. The van der Waals surface area contributed by atoms with E-state index in [0.717, 1.165) is 5.56 Å². The van der Waals surface area contributed by atoms with Crippen LogP contribution in [0.25, 0.3) is 6.08 Å². The van der Waals surface area contributed by atoms with Crippen molar-refractivity contribution in [1.29, 1.82) is 0 Å². The predicted octanol–water partition coefficient (Wildman–Crippen LogP) is 2.48. The Morgan fingerprint density at radius 1 is 1.06 bits per heavy atom. The van der Waals surface area contributed by atoms with Gasteiger partial charge in [-0.3, -0.25) is 9.78 Å². The number of nitrogens with zero attached hydrogens (tertiary/aromatic N) is 1. The van der Waals surface area contributed by atoms with Crippen LogP contribution < -0.4 is 5.32 Å². The highest BCUT2D eigenvalue weighted by atomic mass is 16.1. The molecule has 1 N–H and O–H groups in total. The fourth-order valence-electron chi connectivity index (χ4n) is 1.36. The van der Waals surface area contributed by atoms with Crippen LogP contribution in [0.2, 0.25) is 0 Å². The van der Waals surface area contributed by atoms with Crippen molar-refractivity contribution in [2.24, 2.45) is 0 Å². The molecule has 3 heteroatoms. The first kappa shape index (κ1) is 11.1. The van der Waals surface area contributed by atoms with Crippen molar-refractivity contribution in [3.63, 3.8) is 0 Å². The second kappa shape index (κ2) is 5.61. The van der Waals surface area contributed by atoms with Crippen molar-refractivity contribution in [1.82, 2.24) is 10.3 Å². The molecule has 84 valence electrons. The summed E-state index contributed by atoms with van der Waals surface area (Å²) in [4.78, 5) is 15.6. The van der Waals surface area contributed by atoms with E-state index in [1.54, 1.807) is 30.7 Å². The van der Waals surface area contributed by atoms with Crippen molar-refractivity contribution in [2.45, 2.75) is 0 Å². The minimum atomic E-state index is -0.115. The molecule has 17 heavy (non-hydrogen) atoms. The monoisotopic (exact) mass is 224 g/mol. The van der Waals surface area contributed by atoms with Crippen LogP contribution in [0.1, 0.15) is 15.9 Å². The highest BCUT2D eigenvalue weighted by Crippen LogP contribution is 2.00. The molecule has 0 saturated heterocycles. The quantitative estimate of drug-likeness (QED) is 0.870. The predicted molar refractivity (Wildman–Crippen MR) is 67.2 cm³/mol. The lowest BCUT2D eigenvalue weighted by molar-refractivity contribution is 0.0970. The molecule has 2 rings (SSSR count). The fraction of sp³-hybridized carbons (Fsp3) is 0. The summed E-state index contributed by atoms with van der Waals surface area (Å²) in [6.07, 6.45) is 6.87. The molecule has 0 aliphatic rings. The second-order valence-corrected chi connectivity index (χ2v) is 3.45. The molecule has 0 saturated carbocycles. The molecule has 0 bridgehead atoms. The van der Waals surface area contributed by atoms with Gasteiger partial charge in [0, 0.05) is 24.2 Å². The number of amides is 1. The maximum Gasteiger partial charge on any atom is 0.255 e. The third-order valence-corrected chi connectivity index (χ3v) is 2.23. The first-order valence-electron chi connectivity index (χ1n) is 5.29. The van der Waals surface area contributed by atoms with Crippen LogP contribution in [0.4, 0.5) is 0 Å². The highest BCUT2D eigenvalue weighted by Gasteiger charge is 2.00. The van der Waals surface area contributed by atoms with Crippen LogP contribution in [0, 0.1) is 0 Å². The van der Waals surface area contributed by atoms with E-state index in [9.17, 15) is 4.79 Å². The lowest BCUT2D eigenvalue weighted by Crippen LogP contribution is -2.16. The molecule has 0 spiro atoms. The van der Waals surface area contributed by atoms with Gasteiger partial charge >= 0.3 is 0 Å². The number of hydrogen-bond donors (Lipinski definition) is 1. The minimum absolute atomic E-state index is 0.115. The molecule has 3 nitrogen and oxygen atoms in total. The van der Waals surface area contributed by atoms with Crippen molar-refractivity contribution in [3.8, 4) is 0 Å². The molecule has 2 aromatic rings. The van der Waals surface area contributed by atoms with Crippen LogP contribution in [-0.2, 0) is 0 Å². The van der Waals surface area contributed by atoms with Gasteiger partial charge in [0.25, 0.3) is 5.91 Å². The Bertz CT molecular complexity index is 506. The molecule has 0 aliphatic heterocycles. The topological polar surface area (TPSA) is 42.0 Å². The molecule has 0 unspecified atom stereocenters. The van der Waals surface area contributed by atoms with Crippen molar-refractivity contribution in [3.05, 3.63) is 72.2 Å². The molecular weight excluding hydrogens is 212 g/mol. The summed E-state index contributed by atoms with van der Waals surface area (Å²) >= 11 is 0. The maximum atomic E-state index is 11.7. The molecular formula is C14H12N2O. The van der Waals surface area contributed by atoms with Gasteiger partial charge in [-0.15, -0.1) is 0 Å². The SMILES string of the molecule is O=C(N/C=C/c1ccncc1)c1ccccc1. The van der Waals surface area contributed by atoms with Gasteiger partial charge in [-0.25, -0.2) is 0 Å². The van der Waals surface area contributed by atoms with Crippen LogP contribution in [0.15, 0.2) is 61.1 Å². The van der Waals surface area contributed by atoms with E-state index in [1.807, 2.05) is 36.4 Å². The van der Waals surface area contributed by atoms with Gasteiger partial charge in [0.2, 0.25) is 0 Å². The Morgan fingerprint density at radius 2 is 1.76 bits per heavy atom. The Hall–Kier alpha value is -2.42. The standard InChI is InChI=1S/C14H12N2O/c17-14(13-4-2-1-3-5-13)16-11-8-12-6-9-15-10-7-12/h1-11H,(H,16,17)/b11-8+.